The number of aliphatic hydroxyl groups excluding tert-OH is 1. The predicted molar refractivity (Wildman–Crippen MR) is 113 cm³/mol. The van der Waals surface area contributed by atoms with Crippen molar-refractivity contribution in [3.8, 4) is 10.4 Å². The first kappa shape index (κ1) is 20.2. The monoisotopic (exact) mass is 414 g/mol. The van der Waals surface area contributed by atoms with E-state index in [2.05, 4.69) is 31.2 Å². The fraction of sp³-hybridized carbons (Fsp3) is 0.333. The number of thiophene rings is 1. The first-order valence-corrected chi connectivity index (χ1v) is 10.7. The topological polar surface area (TPSA) is 29.5 Å². The second-order valence-electron chi connectivity index (χ2n) is 7.66. The fourth-order valence-electron chi connectivity index (χ4n) is 3.82. The van der Waals surface area contributed by atoms with Gasteiger partial charge in [0.2, 0.25) is 0 Å². The Balaban J connectivity index is 1.53. The Morgan fingerprint density at radius 2 is 1.86 bits per heavy atom. The van der Waals surface area contributed by atoms with Crippen molar-refractivity contribution in [2.45, 2.75) is 44.5 Å². The number of halogens is 2. The molecule has 0 radical (unpaired) electrons. The molecule has 0 bridgehead atoms. The van der Waals surface area contributed by atoms with Crippen molar-refractivity contribution in [2.75, 3.05) is 6.67 Å². The van der Waals surface area contributed by atoms with Crippen LogP contribution in [-0.4, -0.2) is 24.0 Å². The van der Waals surface area contributed by atoms with Crippen LogP contribution in [0.4, 0.5) is 8.78 Å². The van der Waals surface area contributed by atoms with Gasteiger partial charge in [-0.2, -0.15) is 0 Å². The van der Waals surface area contributed by atoms with Crippen molar-refractivity contribution >= 4 is 11.3 Å². The van der Waals surface area contributed by atoms with Crippen molar-refractivity contribution in [3.63, 3.8) is 0 Å². The van der Waals surface area contributed by atoms with Crippen LogP contribution in [0.15, 0.2) is 54.6 Å². The maximum atomic E-state index is 13.2. The Morgan fingerprint density at radius 3 is 2.62 bits per heavy atom. The summed E-state index contributed by atoms with van der Waals surface area (Å²) in [4.78, 5) is 2.33. The number of hydrogen-bond donors (Lipinski definition) is 1. The summed E-state index contributed by atoms with van der Waals surface area (Å²) in [6, 6.07) is 16.9. The van der Waals surface area contributed by atoms with E-state index in [1.165, 1.54) is 28.1 Å². The molecule has 0 saturated carbocycles. The van der Waals surface area contributed by atoms with Gasteiger partial charge in [0.15, 0.2) is 0 Å². The lowest BCUT2D eigenvalue weighted by Crippen LogP contribution is -2.32. The summed E-state index contributed by atoms with van der Waals surface area (Å²) in [5.74, 6) is -0.233. The molecule has 2 aromatic carbocycles. The van der Waals surface area contributed by atoms with Crippen LogP contribution in [0.1, 0.15) is 40.5 Å². The summed E-state index contributed by atoms with van der Waals surface area (Å²) in [5, 5.41) is 10.1. The van der Waals surface area contributed by atoms with Gasteiger partial charge in [0.1, 0.15) is 12.5 Å². The molecule has 2 heterocycles. The summed E-state index contributed by atoms with van der Waals surface area (Å²) in [5.41, 5.74) is 4.37. The zero-order valence-electron chi connectivity index (χ0n) is 16.3. The first-order chi connectivity index (χ1) is 14.0. The molecule has 0 aliphatic carbocycles. The van der Waals surface area contributed by atoms with Gasteiger partial charge >= 0.3 is 0 Å². The molecule has 0 amide bonds. The Bertz CT molecular complexity index is 967. The molecule has 1 aliphatic rings. The molecule has 152 valence electrons. The summed E-state index contributed by atoms with van der Waals surface area (Å²) in [6.45, 7) is 1.50. The third-order valence-electron chi connectivity index (χ3n) is 5.45. The van der Waals surface area contributed by atoms with Crippen LogP contribution in [0.3, 0.4) is 0 Å². The molecule has 3 atom stereocenters. The molecule has 2 nitrogen and oxygen atoms in total. The summed E-state index contributed by atoms with van der Waals surface area (Å²) < 4.78 is 32.1. The van der Waals surface area contributed by atoms with E-state index in [0.717, 1.165) is 22.4 Å². The van der Waals surface area contributed by atoms with Gasteiger partial charge in [0, 0.05) is 29.0 Å². The van der Waals surface area contributed by atoms with Crippen LogP contribution in [0, 0.1) is 12.7 Å². The molecule has 5 heteroatoms. The van der Waals surface area contributed by atoms with Gasteiger partial charge in [0.25, 0.3) is 0 Å². The highest BCUT2D eigenvalue weighted by atomic mass is 32.1. The summed E-state index contributed by atoms with van der Waals surface area (Å²) in [7, 11) is 0. The minimum absolute atomic E-state index is 0.233. The molecule has 0 spiro atoms. The van der Waals surface area contributed by atoms with Gasteiger partial charge in [-0.25, -0.2) is 8.78 Å². The van der Waals surface area contributed by atoms with E-state index in [4.69, 9.17) is 4.74 Å². The van der Waals surface area contributed by atoms with E-state index in [9.17, 15) is 13.9 Å². The van der Waals surface area contributed by atoms with Crippen molar-refractivity contribution < 1.29 is 18.6 Å². The molecule has 3 aromatic rings. The van der Waals surface area contributed by atoms with Crippen molar-refractivity contribution in [3.05, 3.63) is 82.0 Å². The molecule has 1 saturated heterocycles. The number of rotatable bonds is 5. The van der Waals surface area contributed by atoms with Crippen LogP contribution < -0.4 is 0 Å². The fourth-order valence-corrected chi connectivity index (χ4v) is 4.85. The Morgan fingerprint density at radius 1 is 1.07 bits per heavy atom. The van der Waals surface area contributed by atoms with E-state index < -0.39 is 18.9 Å². The van der Waals surface area contributed by atoms with Gasteiger partial charge in [-0.1, -0.05) is 30.3 Å². The highest BCUT2D eigenvalue weighted by Gasteiger charge is 2.29. The molecular formula is C24H24F2O2S. The molecular weight excluding hydrogens is 390 g/mol. The van der Waals surface area contributed by atoms with Crippen molar-refractivity contribution in [1.29, 1.82) is 0 Å². The van der Waals surface area contributed by atoms with Crippen LogP contribution >= 0.6 is 11.3 Å². The second-order valence-corrected chi connectivity index (χ2v) is 8.83. The van der Waals surface area contributed by atoms with Gasteiger partial charge in [-0.3, -0.25) is 0 Å². The summed E-state index contributed by atoms with van der Waals surface area (Å²) >= 11 is 1.70. The Labute approximate surface area is 173 Å². The zero-order chi connectivity index (χ0) is 20.4. The van der Waals surface area contributed by atoms with Crippen LogP contribution in [-0.2, 0) is 11.2 Å². The largest absolute Gasteiger partial charge is 0.393 e. The number of ether oxygens (including phenoxy) is 1. The molecule has 1 aliphatic heterocycles. The van der Waals surface area contributed by atoms with E-state index in [-0.39, 0.29) is 11.9 Å². The quantitative estimate of drug-likeness (QED) is 0.554. The predicted octanol–water partition coefficient (Wildman–Crippen LogP) is 6.00. The molecule has 29 heavy (non-hydrogen) atoms. The average Bonchev–Trinajstić information content (AvgIpc) is 3.18. The molecule has 1 aromatic heterocycles. The number of hydrogen-bond acceptors (Lipinski definition) is 3. The highest BCUT2D eigenvalue weighted by Crippen LogP contribution is 2.34. The first-order valence-electron chi connectivity index (χ1n) is 9.85. The number of aryl methyl sites for hydroxylation is 1. The van der Waals surface area contributed by atoms with E-state index in [1.54, 1.807) is 23.5 Å². The minimum atomic E-state index is -0.576. The van der Waals surface area contributed by atoms with Crippen LogP contribution in [0.5, 0.6) is 0 Å². The van der Waals surface area contributed by atoms with Crippen molar-refractivity contribution in [1.82, 2.24) is 0 Å². The van der Waals surface area contributed by atoms with Crippen LogP contribution in [0.25, 0.3) is 10.4 Å². The third-order valence-corrected chi connectivity index (χ3v) is 6.58. The molecule has 1 N–H and O–H groups in total. The van der Waals surface area contributed by atoms with Gasteiger partial charge < -0.3 is 9.84 Å². The van der Waals surface area contributed by atoms with E-state index in [0.29, 0.717) is 12.8 Å². The molecule has 1 fully saturated rings. The molecule has 3 unspecified atom stereocenters. The minimum Gasteiger partial charge on any atom is -0.393 e. The van der Waals surface area contributed by atoms with Crippen molar-refractivity contribution in [2.24, 2.45) is 0 Å². The van der Waals surface area contributed by atoms with Gasteiger partial charge in [-0.15, -0.1) is 11.3 Å². The maximum Gasteiger partial charge on any atom is 0.123 e. The highest BCUT2D eigenvalue weighted by molar-refractivity contribution is 7.15. The normalized spacial score (nSPS) is 22.0. The smallest absolute Gasteiger partial charge is 0.123 e. The zero-order valence-corrected chi connectivity index (χ0v) is 17.1. The standard InChI is InChI=1S/C24H24F2O2S/c1-15-2-3-17(23-13-20(27)12-21(14-25)28-23)10-18(15)11-22-8-9-24(29-22)16-4-6-19(26)7-5-16/h2-10,20-21,23,27H,11-14H2,1H3. The Kier molecular flexibility index (Phi) is 6.09. The number of benzene rings is 2. The van der Waals surface area contributed by atoms with E-state index >= 15 is 0 Å². The van der Waals surface area contributed by atoms with Crippen LogP contribution in [0.2, 0.25) is 0 Å². The third kappa shape index (κ3) is 4.74. The number of alkyl halides is 1. The average molecular weight is 415 g/mol. The maximum absolute atomic E-state index is 13.2. The Hall–Kier alpha value is -2.08. The lowest BCUT2D eigenvalue weighted by Gasteiger charge is -2.32. The summed E-state index contributed by atoms with van der Waals surface area (Å²) in [6.07, 6.45) is 0.281. The molecule has 4 rings (SSSR count). The lowest BCUT2D eigenvalue weighted by atomic mass is 9.93. The van der Waals surface area contributed by atoms with Gasteiger partial charge in [0.05, 0.1) is 18.3 Å². The lowest BCUT2D eigenvalue weighted by molar-refractivity contribution is -0.104. The second kappa shape index (κ2) is 8.74. The SMILES string of the molecule is Cc1ccc(C2CC(O)CC(CF)O2)cc1Cc1ccc(-c2ccc(F)cc2)s1. The van der Waals surface area contributed by atoms with Gasteiger partial charge in [-0.05, 0) is 53.4 Å². The van der Waals surface area contributed by atoms with E-state index in [1.807, 2.05) is 6.07 Å². The number of aliphatic hydroxyl groups is 1.